The van der Waals surface area contributed by atoms with Gasteiger partial charge in [0.25, 0.3) is 0 Å². The number of halogens is 2. The van der Waals surface area contributed by atoms with Crippen LogP contribution in [-0.2, 0) is 6.54 Å². The zero-order valence-electron chi connectivity index (χ0n) is 11.9. The van der Waals surface area contributed by atoms with Crippen molar-refractivity contribution < 1.29 is 0 Å². The molecule has 0 spiro atoms. The van der Waals surface area contributed by atoms with E-state index in [1.807, 2.05) is 12.1 Å². The Bertz CT molecular complexity index is 603. The summed E-state index contributed by atoms with van der Waals surface area (Å²) in [7, 11) is 0. The fourth-order valence-corrected chi connectivity index (χ4v) is 3.52. The van der Waals surface area contributed by atoms with Crippen LogP contribution >= 0.6 is 27.5 Å². The van der Waals surface area contributed by atoms with E-state index < -0.39 is 0 Å². The van der Waals surface area contributed by atoms with E-state index in [0.717, 1.165) is 27.2 Å². The topological polar surface area (TPSA) is 12.0 Å². The molecule has 2 aromatic carbocycles. The highest BCUT2D eigenvalue weighted by atomic mass is 79.9. The molecule has 2 aromatic rings. The first-order valence-electron chi connectivity index (χ1n) is 7.51. The van der Waals surface area contributed by atoms with Gasteiger partial charge in [0.15, 0.2) is 0 Å². The lowest BCUT2D eigenvalue weighted by atomic mass is 10.0. The lowest BCUT2D eigenvalue weighted by molar-refractivity contribution is 0.524. The molecule has 0 saturated heterocycles. The zero-order valence-corrected chi connectivity index (χ0v) is 14.3. The van der Waals surface area contributed by atoms with Gasteiger partial charge in [0, 0.05) is 22.6 Å². The molecule has 21 heavy (non-hydrogen) atoms. The summed E-state index contributed by atoms with van der Waals surface area (Å²) in [5.74, 6) is 0. The smallest absolute Gasteiger partial charge is 0.0626 e. The van der Waals surface area contributed by atoms with Crippen molar-refractivity contribution in [2.45, 2.75) is 38.3 Å². The minimum atomic E-state index is 0.712. The van der Waals surface area contributed by atoms with Crippen molar-refractivity contribution in [3.8, 4) is 11.1 Å². The fraction of sp³-hybridized carbons (Fsp3) is 0.333. The molecule has 0 atom stereocenters. The summed E-state index contributed by atoms with van der Waals surface area (Å²) in [4.78, 5) is 0. The highest BCUT2D eigenvalue weighted by molar-refractivity contribution is 9.10. The molecule has 1 N–H and O–H groups in total. The van der Waals surface area contributed by atoms with Crippen molar-refractivity contribution in [2.24, 2.45) is 0 Å². The summed E-state index contributed by atoms with van der Waals surface area (Å²) >= 11 is 9.83. The van der Waals surface area contributed by atoms with E-state index in [2.05, 4.69) is 51.6 Å². The average molecular weight is 365 g/mol. The summed E-state index contributed by atoms with van der Waals surface area (Å²) in [6, 6.07) is 15.4. The van der Waals surface area contributed by atoms with E-state index in [1.54, 1.807) is 0 Å². The van der Waals surface area contributed by atoms with Crippen LogP contribution in [-0.4, -0.2) is 6.04 Å². The van der Waals surface area contributed by atoms with E-state index in [9.17, 15) is 0 Å². The summed E-state index contributed by atoms with van der Waals surface area (Å²) < 4.78 is 0.939. The van der Waals surface area contributed by atoms with Gasteiger partial charge in [0.2, 0.25) is 0 Å². The Morgan fingerprint density at radius 3 is 2.48 bits per heavy atom. The van der Waals surface area contributed by atoms with Crippen LogP contribution in [0.25, 0.3) is 11.1 Å². The molecule has 0 unspecified atom stereocenters. The van der Waals surface area contributed by atoms with Crippen molar-refractivity contribution >= 4 is 27.5 Å². The minimum absolute atomic E-state index is 0.712. The van der Waals surface area contributed by atoms with Crippen LogP contribution in [0.5, 0.6) is 0 Å². The third-order valence-corrected chi connectivity index (χ3v) is 5.46. The standard InChI is InChI=1S/C18H19BrClN/c19-17-7-3-6-16(18(17)20)14-10-8-13(9-11-14)12-21-15-4-1-2-5-15/h3,6-11,15,21H,1-2,4-5,12H2. The van der Waals surface area contributed by atoms with Crippen molar-refractivity contribution in [3.05, 3.63) is 57.5 Å². The lowest BCUT2D eigenvalue weighted by Crippen LogP contribution is -2.25. The minimum Gasteiger partial charge on any atom is -0.310 e. The molecule has 0 aromatic heterocycles. The Kier molecular flexibility index (Phi) is 4.99. The average Bonchev–Trinajstić information content (AvgIpc) is 3.02. The monoisotopic (exact) mass is 363 g/mol. The van der Waals surface area contributed by atoms with Gasteiger partial charge in [-0.05, 0) is 46.0 Å². The van der Waals surface area contributed by atoms with Gasteiger partial charge in [0.05, 0.1) is 5.02 Å². The molecule has 0 amide bonds. The van der Waals surface area contributed by atoms with Gasteiger partial charge in [-0.1, -0.05) is 60.8 Å². The second kappa shape index (κ2) is 6.95. The number of hydrogen-bond donors (Lipinski definition) is 1. The van der Waals surface area contributed by atoms with Crippen LogP contribution in [0.1, 0.15) is 31.2 Å². The first kappa shape index (κ1) is 15.1. The summed E-state index contributed by atoms with van der Waals surface area (Å²) in [5, 5.41) is 4.42. The van der Waals surface area contributed by atoms with Gasteiger partial charge < -0.3 is 5.32 Å². The van der Waals surface area contributed by atoms with E-state index in [-0.39, 0.29) is 0 Å². The molecule has 110 valence electrons. The molecule has 0 aliphatic heterocycles. The second-order valence-corrected chi connectivity index (χ2v) is 6.89. The molecule has 3 rings (SSSR count). The lowest BCUT2D eigenvalue weighted by Gasteiger charge is -2.12. The summed E-state index contributed by atoms with van der Waals surface area (Å²) in [6.07, 6.45) is 5.40. The van der Waals surface area contributed by atoms with E-state index in [4.69, 9.17) is 11.6 Å². The van der Waals surface area contributed by atoms with Gasteiger partial charge >= 0.3 is 0 Å². The van der Waals surface area contributed by atoms with Gasteiger partial charge in [-0.25, -0.2) is 0 Å². The van der Waals surface area contributed by atoms with Crippen molar-refractivity contribution in [1.29, 1.82) is 0 Å². The fourth-order valence-electron chi connectivity index (χ4n) is 2.92. The maximum Gasteiger partial charge on any atom is 0.0626 e. The molecule has 1 aliphatic carbocycles. The quantitative estimate of drug-likeness (QED) is 0.722. The molecule has 3 heteroatoms. The highest BCUT2D eigenvalue weighted by Crippen LogP contribution is 2.33. The molecule has 1 nitrogen and oxygen atoms in total. The van der Waals surface area contributed by atoms with Crippen LogP contribution in [0, 0.1) is 0 Å². The van der Waals surface area contributed by atoms with Crippen LogP contribution in [0.4, 0.5) is 0 Å². The van der Waals surface area contributed by atoms with E-state index in [0.29, 0.717) is 6.04 Å². The normalized spacial score (nSPS) is 15.5. The van der Waals surface area contributed by atoms with Crippen molar-refractivity contribution in [3.63, 3.8) is 0 Å². The largest absolute Gasteiger partial charge is 0.310 e. The van der Waals surface area contributed by atoms with Crippen LogP contribution in [0.15, 0.2) is 46.9 Å². The molecular weight excluding hydrogens is 346 g/mol. The molecule has 0 bridgehead atoms. The third kappa shape index (κ3) is 3.68. The van der Waals surface area contributed by atoms with Gasteiger partial charge in [-0.2, -0.15) is 0 Å². The molecule has 1 aliphatic rings. The predicted octanol–water partition coefficient (Wildman–Crippen LogP) is 5.80. The number of rotatable bonds is 4. The van der Waals surface area contributed by atoms with Crippen LogP contribution in [0.3, 0.4) is 0 Å². The third-order valence-electron chi connectivity index (χ3n) is 4.17. The van der Waals surface area contributed by atoms with Gasteiger partial charge in [-0.15, -0.1) is 0 Å². The Morgan fingerprint density at radius 2 is 1.76 bits per heavy atom. The SMILES string of the molecule is Clc1c(Br)cccc1-c1ccc(CNC2CCCC2)cc1. The van der Waals surface area contributed by atoms with Gasteiger partial charge in [0.1, 0.15) is 0 Å². The number of nitrogens with one attached hydrogen (secondary N) is 1. The van der Waals surface area contributed by atoms with E-state index in [1.165, 1.54) is 31.2 Å². The highest BCUT2D eigenvalue weighted by Gasteiger charge is 2.13. The van der Waals surface area contributed by atoms with Crippen LogP contribution < -0.4 is 5.32 Å². The maximum atomic E-state index is 6.36. The zero-order chi connectivity index (χ0) is 14.7. The molecule has 1 saturated carbocycles. The van der Waals surface area contributed by atoms with Crippen LogP contribution in [0.2, 0.25) is 5.02 Å². The molecule has 0 radical (unpaired) electrons. The number of benzene rings is 2. The molecule has 1 fully saturated rings. The first-order chi connectivity index (χ1) is 10.2. The Labute approximate surface area is 139 Å². The predicted molar refractivity (Wildman–Crippen MR) is 93.7 cm³/mol. The Balaban J connectivity index is 1.70. The second-order valence-electron chi connectivity index (χ2n) is 5.66. The Hall–Kier alpha value is -0.830. The molecular formula is C18H19BrClN. The summed E-state index contributed by atoms with van der Waals surface area (Å²) in [6.45, 7) is 0.956. The summed E-state index contributed by atoms with van der Waals surface area (Å²) in [5.41, 5.74) is 3.56. The first-order valence-corrected chi connectivity index (χ1v) is 8.68. The van der Waals surface area contributed by atoms with E-state index >= 15 is 0 Å². The molecule has 0 heterocycles. The van der Waals surface area contributed by atoms with Crippen molar-refractivity contribution in [2.75, 3.05) is 0 Å². The van der Waals surface area contributed by atoms with Crippen molar-refractivity contribution in [1.82, 2.24) is 5.32 Å². The maximum absolute atomic E-state index is 6.36. The Morgan fingerprint density at radius 1 is 1.05 bits per heavy atom. The van der Waals surface area contributed by atoms with Gasteiger partial charge in [-0.3, -0.25) is 0 Å². The number of hydrogen-bond acceptors (Lipinski definition) is 1.